The number of carbonyl (C=O) groups is 2. The van der Waals surface area contributed by atoms with Crippen molar-refractivity contribution in [2.24, 2.45) is 11.3 Å². The lowest BCUT2D eigenvalue weighted by Gasteiger charge is -2.63. The second-order valence-electron chi connectivity index (χ2n) is 20.3. The van der Waals surface area contributed by atoms with Crippen LogP contribution in [0.15, 0.2) is 48.6 Å². The number of likely N-dealkylation sites (N-methyl/N-ethyl adjacent to an activating group) is 1. The maximum atomic E-state index is 15.4. The van der Waals surface area contributed by atoms with Crippen molar-refractivity contribution in [3.63, 3.8) is 0 Å². The van der Waals surface area contributed by atoms with Gasteiger partial charge in [0, 0.05) is 90.6 Å². The standard InChI is InChI=1S/C48H67N5O8Si/c1-8-44(57)26-30-27-47(43(56)61-5,38-32(16-21-52(28-30)29-44)31-14-10-11-15-35(31)50-38)34-24-33-36(25-37(34)60-4)51(3)40-46(33)18-22-53-20-12-17-45(9-2,39(46)53)41(54)48(40,58)42(55)49-19-13-23-62(6,7)59/h10-12,14-15,17,24-25,30,39-41,50,54,57-59H,8-9,13,16,18-23,26-29H2,1-7H3,(H,49,55)/t30-,39+,40-,41-,44+,45-,46-,47+,48+/m0/s1. The van der Waals surface area contributed by atoms with Crippen LogP contribution in [0, 0.1) is 11.3 Å². The number of piperidine rings is 1. The van der Waals surface area contributed by atoms with Crippen LogP contribution in [0.2, 0.25) is 19.1 Å². The number of benzene rings is 2. The number of para-hydroxylation sites is 1. The van der Waals surface area contributed by atoms with Crippen LogP contribution in [0.5, 0.6) is 5.75 Å². The van der Waals surface area contributed by atoms with Gasteiger partial charge in [0.25, 0.3) is 5.91 Å². The molecule has 2 saturated heterocycles. The lowest BCUT2D eigenvalue weighted by Crippen LogP contribution is -2.81. The van der Waals surface area contributed by atoms with Crippen molar-refractivity contribution >= 4 is 36.8 Å². The predicted molar refractivity (Wildman–Crippen MR) is 241 cm³/mol. The summed E-state index contributed by atoms with van der Waals surface area (Å²) in [5.74, 6) is -0.670. The Bertz CT molecular complexity index is 2300. The zero-order valence-corrected chi connectivity index (χ0v) is 38.6. The fraction of sp³-hybridized carbons (Fsp3) is 0.625. The Labute approximate surface area is 366 Å². The Morgan fingerprint density at radius 1 is 1.03 bits per heavy atom. The molecule has 10 atom stereocenters. The number of aliphatic hydroxyl groups is 3. The van der Waals surface area contributed by atoms with Crippen LogP contribution in [0.3, 0.4) is 0 Å². The molecule has 1 amide bonds. The smallest absolute Gasteiger partial charge is 0.322 e. The first-order valence-corrected chi connectivity index (χ1v) is 26.0. The van der Waals surface area contributed by atoms with Gasteiger partial charge in [0.15, 0.2) is 13.9 Å². The summed E-state index contributed by atoms with van der Waals surface area (Å²) >= 11 is 0. The Balaban J connectivity index is 1.29. The summed E-state index contributed by atoms with van der Waals surface area (Å²) < 4.78 is 12.4. The molecular formula is C48H67N5O8Si. The first-order chi connectivity index (χ1) is 29.5. The van der Waals surface area contributed by atoms with Gasteiger partial charge >= 0.3 is 5.97 Å². The largest absolute Gasteiger partial charge is 0.496 e. The minimum Gasteiger partial charge on any atom is -0.496 e. The van der Waals surface area contributed by atoms with Crippen molar-refractivity contribution in [3.05, 3.63) is 70.9 Å². The predicted octanol–water partition coefficient (Wildman–Crippen LogP) is 3.95. The van der Waals surface area contributed by atoms with Gasteiger partial charge in [0.1, 0.15) is 17.3 Å². The molecule has 6 N–H and O–H groups in total. The molecule has 1 aromatic heterocycles. The van der Waals surface area contributed by atoms with Gasteiger partial charge in [-0.15, -0.1) is 0 Å². The summed E-state index contributed by atoms with van der Waals surface area (Å²) in [6, 6.07) is 11.7. The SMILES string of the molecule is CC[C@@]1(O)C[C@@H]2CN(CCc3c([nH]c4ccccc34)[C@](C(=O)OC)(c3cc4c(cc3OC)N(C)[C@@H]3[C@](O)(C(=O)NCCC[Si](C)(C)O)[C@@H](O)[C@@]5(CC)C=CCN6CC[C@@]43[C@H]65)C2)C1. The molecule has 336 valence electrons. The fourth-order valence-corrected chi connectivity index (χ4v) is 14.9. The van der Waals surface area contributed by atoms with Gasteiger partial charge in [-0.05, 0) is 99.8 Å². The number of hydrogen-bond acceptors (Lipinski definition) is 11. The van der Waals surface area contributed by atoms with E-state index >= 15 is 4.79 Å². The first kappa shape index (κ1) is 43.5. The van der Waals surface area contributed by atoms with Crippen LogP contribution >= 0.6 is 0 Å². The zero-order chi connectivity index (χ0) is 44.2. The third kappa shape index (κ3) is 6.06. The van der Waals surface area contributed by atoms with Gasteiger partial charge in [0.2, 0.25) is 0 Å². The van der Waals surface area contributed by atoms with Gasteiger partial charge in [-0.1, -0.05) is 44.2 Å². The molecule has 6 heterocycles. The number of esters is 1. The topological polar surface area (TPSA) is 171 Å². The van der Waals surface area contributed by atoms with E-state index in [1.54, 1.807) is 7.11 Å². The van der Waals surface area contributed by atoms with Crippen molar-refractivity contribution in [1.82, 2.24) is 20.1 Å². The van der Waals surface area contributed by atoms with Crippen LogP contribution in [0.4, 0.5) is 5.69 Å². The molecule has 1 spiro atoms. The third-order valence-corrected chi connectivity index (χ3v) is 18.0. The number of anilines is 1. The molecule has 1 aliphatic carbocycles. The third-order valence-electron chi connectivity index (χ3n) is 16.5. The molecular weight excluding hydrogens is 803 g/mol. The van der Waals surface area contributed by atoms with Crippen molar-refractivity contribution in [3.8, 4) is 5.75 Å². The minimum atomic E-state index is -2.38. The number of amides is 1. The van der Waals surface area contributed by atoms with Crippen LogP contribution < -0.4 is 15.0 Å². The Morgan fingerprint density at radius 3 is 2.52 bits per heavy atom. The Kier molecular flexibility index (Phi) is 10.6. The van der Waals surface area contributed by atoms with Crippen LogP contribution in [-0.4, -0.2) is 145 Å². The molecule has 1 saturated carbocycles. The number of rotatable bonds is 10. The van der Waals surface area contributed by atoms with E-state index in [2.05, 4.69) is 44.4 Å². The molecule has 5 aliphatic heterocycles. The molecule has 2 aromatic carbocycles. The average Bonchev–Trinajstić information content (AvgIpc) is 3.91. The number of aromatic nitrogens is 1. The molecule has 2 bridgehead atoms. The van der Waals surface area contributed by atoms with Gasteiger partial charge in [0.05, 0.1) is 25.9 Å². The number of ether oxygens (including phenoxy) is 2. The lowest BCUT2D eigenvalue weighted by molar-refractivity contribution is -0.203. The molecule has 3 fully saturated rings. The summed E-state index contributed by atoms with van der Waals surface area (Å²) in [4.78, 5) is 51.3. The van der Waals surface area contributed by atoms with E-state index < -0.39 is 59.8 Å². The highest BCUT2D eigenvalue weighted by Crippen LogP contribution is 2.67. The van der Waals surface area contributed by atoms with Gasteiger partial charge in [-0.2, -0.15) is 0 Å². The van der Waals surface area contributed by atoms with Crippen molar-refractivity contribution in [1.29, 1.82) is 0 Å². The van der Waals surface area contributed by atoms with Gasteiger partial charge in [-0.25, -0.2) is 0 Å². The van der Waals surface area contributed by atoms with E-state index in [4.69, 9.17) is 9.47 Å². The number of aliphatic hydroxyl groups excluding tert-OH is 1. The number of hydrogen-bond donors (Lipinski definition) is 6. The molecule has 6 aliphatic rings. The quantitative estimate of drug-likeness (QED) is 0.0756. The highest BCUT2D eigenvalue weighted by molar-refractivity contribution is 6.69. The zero-order valence-electron chi connectivity index (χ0n) is 37.6. The van der Waals surface area contributed by atoms with E-state index in [9.17, 15) is 24.9 Å². The number of nitrogens with one attached hydrogen (secondary N) is 2. The molecule has 0 radical (unpaired) electrons. The van der Waals surface area contributed by atoms with E-state index in [0.29, 0.717) is 95.0 Å². The van der Waals surface area contributed by atoms with Crippen molar-refractivity contribution in [2.75, 3.05) is 65.4 Å². The number of aromatic amines is 1. The number of carbonyl (C=O) groups excluding carboxylic acids is 2. The molecule has 1 unspecified atom stereocenters. The highest BCUT2D eigenvalue weighted by atomic mass is 28.4. The number of nitrogens with zero attached hydrogens (tertiary/aromatic N) is 3. The summed E-state index contributed by atoms with van der Waals surface area (Å²) in [7, 11) is 2.58. The minimum absolute atomic E-state index is 0.0902. The van der Waals surface area contributed by atoms with Crippen LogP contribution in [0.1, 0.15) is 74.8 Å². The second-order valence-corrected chi connectivity index (χ2v) is 24.4. The Morgan fingerprint density at radius 2 is 1.81 bits per heavy atom. The van der Waals surface area contributed by atoms with E-state index in [1.165, 1.54) is 7.11 Å². The summed E-state index contributed by atoms with van der Waals surface area (Å²) in [6.45, 7) is 11.4. The fourth-order valence-electron chi connectivity index (χ4n) is 13.9. The normalized spacial score (nSPS) is 36.2. The van der Waals surface area contributed by atoms with E-state index in [0.717, 1.165) is 33.4 Å². The average molecular weight is 870 g/mol. The maximum Gasteiger partial charge on any atom is 0.322 e. The van der Waals surface area contributed by atoms with Gasteiger partial charge < -0.3 is 44.8 Å². The highest BCUT2D eigenvalue weighted by Gasteiger charge is 2.78. The second kappa shape index (κ2) is 15.2. The first-order valence-electron chi connectivity index (χ1n) is 22.9. The van der Waals surface area contributed by atoms with Gasteiger partial charge in [-0.3, -0.25) is 19.4 Å². The Hall–Kier alpha value is -3.76. The van der Waals surface area contributed by atoms with Crippen molar-refractivity contribution in [2.45, 2.75) is 118 Å². The number of H-pyrrole nitrogens is 1. The summed E-state index contributed by atoms with van der Waals surface area (Å²) in [5, 5.41) is 42.2. The summed E-state index contributed by atoms with van der Waals surface area (Å²) in [5.41, 5.74) is -1.42. The lowest BCUT2D eigenvalue weighted by atomic mass is 9.47. The maximum absolute atomic E-state index is 15.4. The van der Waals surface area contributed by atoms with Crippen molar-refractivity contribution < 1.29 is 39.2 Å². The molecule has 9 rings (SSSR count). The van der Waals surface area contributed by atoms with Crippen LogP contribution in [-0.2, 0) is 31.6 Å². The van der Waals surface area contributed by atoms with E-state index in [-0.39, 0.29) is 18.5 Å². The number of methoxy groups -OCH3 is 2. The molecule has 62 heavy (non-hydrogen) atoms. The molecule has 3 aromatic rings. The summed E-state index contributed by atoms with van der Waals surface area (Å²) in [6.07, 6.45) is 6.41. The molecule has 13 nitrogen and oxygen atoms in total. The monoisotopic (exact) mass is 869 g/mol. The van der Waals surface area contributed by atoms with E-state index in [1.807, 2.05) is 63.2 Å². The molecule has 14 heteroatoms. The number of fused-ring (bicyclic) bond motifs is 6. The van der Waals surface area contributed by atoms with Crippen LogP contribution in [0.25, 0.3) is 10.9 Å².